The third-order valence-corrected chi connectivity index (χ3v) is 7.34. The van der Waals surface area contributed by atoms with E-state index in [1.54, 1.807) is 6.92 Å². The highest BCUT2D eigenvalue weighted by Crippen LogP contribution is 2.45. The van der Waals surface area contributed by atoms with E-state index < -0.39 is 23.6 Å². The predicted octanol–water partition coefficient (Wildman–Crippen LogP) is 3.77. The molecule has 172 valence electrons. The second-order valence-electron chi connectivity index (χ2n) is 9.42. The standard InChI is InChI=1S/C26H28N2O5/c1-26(16-12-13-16,24(31)28-14-6-11-22(28)23(29)30)27-25(32)33-15-21-19-9-4-2-7-17(19)18-8-3-5-10-20(18)21/h2-5,7-10,16,21-22H,6,11-15H2,1H3,(H,27,32)(H,29,30). The first kappa shape index (κ1) is 21.5. The number of carboxylic acid groups (broad SMARTS) is 1. The molecule has 2 atom stereocenters. The maximum atomic E-state index is 13.4. The van der Waals surface area contributed by atoms with Gasteiger partial charge in [-0.15, -0.1) is 0 Å². The summed E-state index contributed by atoms with van der Waals surface area (Å²) in [6.45, 7) is 2.26. The molecule has 0 spiro atoms. The zero-order valence-corrected chi connectivity index (χ0v) is 18.6. The fraction of sp³-hybridized carbons (Fsp3) is 0.423. The minimum Gasteiger partial charge on any atom is -0.480 e. The highest BCUT2D eigenvalue weighted by molar-refractivity contribution is 5.93. The van der Waals surface area contributed by atoms with Crippen molar-refractivity contribution in [1.82, 2.24) is 10.2 Å². The Morgan fingerprint density at radius 3 is 2.21 bits per heavy atom. The average molecular weight is 449 g/mol. The molecule has 2 aliphatic carbocycles. The third-order valence-electron chi connectivity index (χ3n) is 7.34. The van der Waals surface area contributed by atoms with Crippen LogP contribution < -0.4 is 5.32 Å². The van der Waals surface area contributed by atoms with Crippen LogP contribution in [0.4, 0.5) is 4.79 Å². The van der Waals surface area contributed by atoms with Crippen molar-refractivity contribution >= 4 is 18.0 Å². The van der Waals surface area contributed by atoms with Gasteiger partial charge in [0.05, 0.1) is 0 Å². The van der Waals surface area contributed by atoms with Crippen molar-refractivity contribution in [1.29, 1.82) is 0 Å². The van der Waals surface area contributed by atoms with Gasteiger partial charge in [-0.05, 0) is 60.8 Å². The molecule has 2 aromatic carbocycles. The molecule has 0 bridgehead atoms. The van der Waals surface area contributed by atoms with Crippen LogP contribution in [0.1, 0.15) is 49.7 Å². The van der Waals surface area contributed by atoms with Gasteiger partial charge in [0.1, 0.15) is 18.2 Å². The van der Waals surface area contributed by atoms with Crippen LogP contribution in [-0.4, -0.2) is 52.7 Å². The molecule has 2 N–H and O–H groups in total. The molecule has 7 heteroatoms. The van der Waals surface area contributed by atoms with Crippen LogP contribution in [0, 0.1) is 5.92 Å². The summed E-state index contributed by atoms with van der Waals surface area (Å²) in [6.07, 6.45) is 2.07. The molecule has 2 amide bonds. The van der Waals surface area contributed by atoms with E-state index in [0.29, 0.717) is 19.4 Å². The van der Waals surface area contributed by atoms with Gasteiger partial charge in [-0.1, -0.05) is 48.5 Å². The van der Waals surface area contributed by atoms with E-state index in [4.69, 9.17) is 4.74 Å². The number of nitrogens with one attached hydrogen (secondary N) is 1. The summed E-state index contributed by atoms with van der Waals surface area (Å²) in [6, 6.07) is 15.4. The SMILES string of the molecule is CC(NC(=O)OCC1c2ccccc2-c2ccccc21)(C(=O)N1CCCC1C(=O)O)C1CC1. The summed E-state index contributed by atoms with van der Waals surface area (Å²) in [4.78, 5) is 39.3. The van der Waals surface area contributed by atoms with Gasteiger partial charge in [-0.25, -0.2) is 9.59 Å². The number of hydrogen-bond acceptors (Lipinski definition) is 4. The quantitative estimate of drug-likeness (QED) is 0.701. The molecular weight excluding hydrogens is 420 g/mol. The number of fused-ring (bicyclic) bond motifs is 3. The Morgan fingerprint density at radius 2 is 1.64 bits per heavy atom. The number of carbonyl (C=O) groups is 3. The number of aliphatic carboxylic acids is 1. The molecule has 2 aromatic rings. The molecule has 2 fully saturated rings. The highest BCUT2D eigenvalue weighted by atomic mass is 16.5. The molecule has 0 aromatic heterocycles. The lowest BCUT2D eigenvalue weighted by molar-refractivity contribution is -0.151. The van der Waals surface area contributed by atoms with Crippen LogP contribution in [0.25, 0.3) is 11.1 Å². The molecule has 33 heavy (non-hydrogen) atoms. The Hall–Kier alpha value is -3.35. The van der Waals surface area contributed by atoms with Crippen molar-refractivity contribution in [3.05, 3.63) is 59.7 Å². The minimum atomic E-state index is -1.17. The van der Waals surface area contributed by atoms with Crippen molar-refractivity contribution in [2.24, 2.45) is 5.92 Å². The predicted molar refractivity (Wildman–Crippen MR) is 122 cm³/mol. The van der Waals surface area contributed by atoms with Crippen LogP contribution in [0.3, 0.4) is 0 Å². The fourth-order valence-corrected chi connectivity index (χ4v) is 5.40. The number of carbonyl (C=O) groups excluding carboxylic acids is 2. The van der Waals surface area contributed by atoms with E-state index in [0.717, 1.165) is 35.1 Å². The third kappa shape index (κ3) is 3.75. The lowest BCUT2D eigenvalue weighted by Crippen LogP contribution is -2.61. The molecular formula is C26H28N2O5. The van der Waals surface area contributed by atoms with E-state index in [2.05, 4.69) is 29.6 Å². The number of nitrogens with zero attached hydrogens (tertiary/aromatic N) is 1. The van der Waals surface area contributed by atoms with E-state index in [1.165, 1.54) is 4.90 Å². The molecule has 7 nitrogen and oxygen atoms in total. The Balaban J connectivity index is 1.30. The topological polar surface area (TPSA) is 95.9 Å². The molecule has 1 saturated carbocycles. The lowest BCUT2D eigenvalue weighted by Gasteiger charge is -2.35. The Labute approximate surface area is 192 Å². The van der Waals surface area contributed by atoms with Gasteiger partial charge in [-0.2, -0.15) is 0 Å². The number of rotatable bonds is 6. The van der Waals surface area contributed by atoms with Crippen molar-refractivity contribution in [3.63, 3.8) is 0 Å². The smallest absolute Gasteiger partial charge is 0.408 e. The van der Waals surface area contributed by atoms with Gasteiger partial charge in [0.25, 0.3) is 0 Å². The van der Waals surface area contributed by atoms with Crippen molar-refractivity contribution < 1.29 is 24.2 Å². The van der Waals surface area contributed by atoms with Crippen LogP contribution in [0.5, 0.6) is 0 Å². The molecule has 2 unspecified atom stereocenters. The summed E-state index contributed by atoms with van der Waals surface area (Å²) in [7, 11) is 0. The molecule has 1 saturated heterocycles. The van der Waals surface area contributed by atoms with E-state index >= 15 is 0 Å². The molecule has 1 heterocycles. The Kier molecular flexibility index (Phi) is 5.35. The normalized spacial score (nSPS) is 21.1. The number of alkyl carbamates (subject to hydrolysis) is 1. The fourth-order valence-electron chi connectivity index (χ4n) is 5.40. The summed E-state index contributed by atoms with van der Waals surface area (Å²) < 4.78 is 5.66. The summed E-state index contributed by atoms with van der Waals surface area (Å²) in [5, 5.41) is 12.3. The Morgan fingerprint density at radius 1 is 1.03 bits per heavy atom. The second kappa shape index (κ2) is 8.21. The van der Waals surface area contributed by atoms with E-state index in [1.807, 2.05) is 24.3 Å². The Bertz CT molecular complexity index is 1070. The van der Waals surface area contributed by atoms with Crippen LogP contribution >= 0.6 is 0 Å². The number of carboxylic acids is 1. The number of amides is 2. The van der Waals surface area contributed by atoms with Gasteiger partial charge in [-0.3, -0.25) is 4.79 Å². The first-order valence-electron chi connectivity index (χ1n) is 11.6. The van der Waals surface area contributed by atoms with Gasteiger partial charge in [0.2, 0.25) is 5.91 Å². The van der Waals surface area contributed by atoms with Gasteiger partial charge in [0.15, 0.2) is 0 Å². The number of likely N-dealkylation sites (tertiary alicyclic amines) is 1. The zero-order valence-electron chi connectivity index (χ0n) is 18.6. The van der Waals surface area contributed by atoms with Gasteiger partial charge < -0.3 is 20.1 Å². The molecule has 0 radical (unpaired) electrons. The van der Waals surface area contributed by atoms with Crippen LogP contribution in [0.15, 0.2) is 48.5 Å². The van der Waals surface area contributed by atoms with Crippen LogP contribution in [-0.2, 0) is 14.3 Å². The number of benzene rings is 2. The largest absolute Gasteiger partial charge is 0.480 e. The first-order valence-corrected chi connectivity index (χ1v) is 11.6. The maximum Gasteiger partial charge on any atom is 0.408 e. The summed E-state index contributed by atoms with van der Waals surface area (Å²) >= 11 is 0. The minimum absolute atomic E-state index is 0.0134. The second-order valence-corrected chi connectivity index (χ2v) is 9.42. The average Bonchev–Trinajstić information content (AvgIpc) is 3.47. The van der Waals surface area contributed by atoms with Gasteiger partial charge >= 0.3 is 12.1 Å². The van der Waals surface area contributed by atoms with E-state index in [9.17, 15) is 19.5 Å². The molecule has 3 aliphatic rings. The van der Waals surface area contributed by atoms with Gasteiger partial charge in [0, 0.05) is 12.5 Å². The van der Waals surface area contributed by atoms with Crippen molar-refractivity contribution in [3.8, 4) is 11.1 Å². The highest BCUT2D eigenvalue weighted by Gasteiger charge is 2.52. The summed E-state index contributed by atoms with van der Waals surface area (Å²) in [5.41, 5.74) is 3.37. The number of ether oxygens (including phenoxy) is 1. The van der Waals surface area contributed by atoms with Crippen molar-refractivity contribution in [2.75, 3.05) is 13.2 Å². The molecule has 1 aliphatic heterocycles. The summed E-state index contributed by atoms with van der Waals surface area (Å²) in [5.74, 6) is -1.41. The molecule has 5 rings (SSSR count). The zero-order chi connectivity index (χ0) is 23.2. The monoisotopic (exact) mass is 448 g/mol. The van der Waals surface area contributed by atoms with E-state index in [-0.39, 0.29) is 24.3 Å². The van der Waals surface area contributed by atoms with Crippen LogP contribution in [0.2, 0.25) is 0 Å². The van der Waals surface area contributed by atoms with Crippen molar-refractivity contribution in [2.45, 2.75) is 50.1 Å². The maximum absolute atomic E-state index is 13.4. The number of hydrogen-bond donors (Lipinski definition) is 2. The first-order chi connectivity index (χ1) is 15.9. The lowest BCUT2D eigenvalue weighted by atomic mass is 9.93.